The van der Waals surface area contributed by atoms with Gasteiger partial charge >= 0.3 is 5.97 Å². The number of carbonyl (C=O) groups excluding carboxylic acids is 1. The maximum atomic E-state index is 11.8. The van der Waals surface area contributed by atoms with Crippen LogP contribution in [0.1, 0.15) is 26.7 Å². The number of carbonyl (C=O) groups is 2. The minimum Gasteiger partial charge on any atom is -0.479 e. The molecule has 0 aromatic rings. The van der Waals surface area contributed by atoms with Crippen molar-refractivity contribution in [1.29, 1.82) is 0 Å². The van der Waals surface area contributed by atoms with Crippen molar-refractivity contribution in [3.8, 4) is 0 Å². The SMILES string of the molecule is CCC(C)C(=O)N1CC2CC21C(=O)O.[V]. The molecular formula is C10H15NO3V. The molecule has 4 nitrogen and oxygen atoms in total. The molecule has 1 saturated carbocycles. The van der Waals surface area contributed by atoms with E-state index in [1.54, 1.807) is 4.90 Å². The van der Waals surface area contributed by atoms with Crippen molar-refractivity contribution < 1.29 is 33.3 Å². The first-order valence-corrected chi connectivity index (χ1v) is 5.09. The molecule has 0 spiro atoms. The third-order valence-electron chi connectivity index (χ3n) is 3.63. The second-order valence-electron chi connectivity index (χ2n) is 4.39. The van der Waals surface area contributed by atoms with Gasteiger partial charge in [0.25, 0.3) is 0 Å². The average molecular weight is 248 g/mol. The number of hydrogen-bond donors (Lipinski definition) is 1. The summed E-state index contributed by atoms with van der Waals surface area (Å²) >= 11 is 0. The molecule has 3 atom stereocenters. The average Bonchev–Trinajstić information content (AvgIpc) is 2.71. The third-order valence-corrected chi connectivity index (χ3v) is 3.63. The molecule has 15 heavy (non-hydrogen) atoms. The Balaban J connectivity index is 0.00000112. The molecule has 83 valence electrons. The quantitative estimate of drug-likeness (QED) is 0.800. The van der Waals surface area contributed by atoms with Crippen molar-refractivity contribution >= 4 is 11.9 Å². The number of hydrogen-bond acceptors (Lipinski definition) is 2. The van der Waals surface area contributed by atoms with Crippen molar-refractivity contribution in [1.82, 2.24) is 4.90 Å². The van der Waals surface area contributed by atoms with Gasteiger partial charge in [-0.15, -0.1) is 0 Å². The summed E-state index contributed by atoms with van der Waals surface area (Å²) in [5.74, 6) is -0.644. The summed E-state index contributed by atoms with van der Waals surface area (Å²) in [5.41, 5.74) is -0.791. The van der Waals surface area contributed by atoms with E-state index < -0.39 is 11.5 Å². The Morgan fingerprint density at radius 3 is 2.53 bits per heavy atom. The number of amides is 1. The Bertz CT molecular complexity index is 307. The predicted octanol–water partition coefficient (Wildman–Crippen LogP) is 0.716. The second kappa shape index (κ2) is 3.83. The van der Waals surface area contributed by atoms with Gasteiger partial charge in [-0.05, 0) is 12.8 Å². The van der Waals surface area contributed by atoms with Crippen molar-refractivity contribution in [2.75, 3.05) is 6.54 Å². The fourth-order valence-electron chi connectivity index (χ4n) is 2.24. The number of fused-ring (bicyclic) bond motifs is 1. The largest absolute Gasteiger partial charge is 0.479 e. The Labute approximate surface area is 101 Å². The first-order chi connectivity index (χ1) is 6.54. The molecule has 0 bridgehead atoms. The number of nitrogens with zero attached hydrogens (tertiary/aromatic N) is 1. The van der Waals surface area contributed by atoms with Crippen LogP contribution in [0.3, 0.4) is 0 Å². The van der Waals surface area contributed by atoms with Gasteiger partial charge in [0, 0.05) is 36.9 Å². The molecular weight excluding hydrogens is 233 g/mol. The number of rotatable bonds is 3. The van der Waals surface area contributed by atoms with Crippen LogP contribution in [0.2, 0.25) is 0 Å². The van der Waals surface area contributed by atoms with Crippen LogP contribution in [-0.2, 0) is 28.1 Å². The summed E-state index contributed by atoms with van der Waals surface area (Å²) in [4.78, 5) is 24.3. The van der Waals surface area contributed by atoms with E-state index in [1.165, 1.54) is 0 Å². The molecule has 0 aromatic carbocycles. The zero-order chi connectivity index (χ0) is 10.5. The van der Waals surface area contributed by atoms with E-state index >= 15 is 0 Å². The molecule has 2 aliphatic rings. The Hall–Kier alpha value is -0.476. The summed E-state index contributed by atoms with van der Waals surface area (Å²) in [5, 5.41) is 9.01. The predicted molar refractivity (Wildman–Crippen MR) is 49.6 cm³/mol. The van der Waals surface area contributed by atoms with Crippen LogP contribution in [0.4, 0.5) is 0 Å². The van der Waals surface area contributed by atoms with Gasteiger partial charge in [0.15, 0.2) is 0 Å². The van der Waals surface area contributed by atoms with Gasteiger partial charge in [-0.3, -0.25) is 4.79 Å². The molecule has 2 fully saturated rings. The van der Waals surface area contributed by atoms with E-state index in [9.17, 15) is 9.59 Å². The van der Waals surface area contributed by atoms with Crippen LogP contribution in [0.15, 0.2) is 0 Å². The molecule has 5 heteroatoms. The van der Waals surface area contributed by atoms with E-state index in [2.05, 4.69) is 0 Å². The molecule has 1 N–H and O–H groups in total. The molecule has 1 heterocycles. The first kappa shape index (κ1) is 12.6. The van der Waals surface area contributed by atoms with E-state index in [1.807, 2.05) is 13.8 Å². The fraction of sp³-hybridized carbons (Fsp3) is 0.800. The number of carboxylic acid groups (broad SMARTS) is 1. The maximum absolute atomic E-state index is 11.8. The molecule has 0 aromatic heterocycles. The van der Waals surface area contributed by atoms with Crippen LogP contribution in [0.5, 0.6) is 0 Å². The first-order valence-electron chi connectivity index (χ1n) is 5.09. The topological polar surface area (TPSA) is 57.6 Å². The molecule has 1 aliphatic heterocycles. The Morgan fingerprint density at radius 1 is 1.60 bits per heavy atom. The van der Waals surface area contributed by atoms with Gasteiger partial charge in [-0.25, -0.2) is 4.79 Å². The second-order valence-corrected chi connectivity index (χ2v) is 4.39. The summed E-state index contributed by atoms with van der Waals surface area (Å²) in [6.45, 7) is 4.45. The van der Waals surface area contributed by atoms with E-state index in [0.717, 1.165) is 6.42 Å². The minimum absolute atomic E-state index is 0. The standard InChI is InChI=1S/C10H15NO3.V/c1-3-6(2)8(12)11-5-7-4-10(7,11)9(13)14;/h6-7H,3-5H2,1-2H3,(H,13,14);. The summed E-state index contributed by atoms with van der Waals surface area (Å²) in [7, 11) is 0. The van der Waals surface area contributed by atoms with Crippen molar-refractivity contribution in [3.63, 3.8) is 0 Å². The van der Waals surface area contributed by atoms with Gasteiger partial charge < -0.3 is 10.0 Å². The van der Waals surface area contributed by atoms with Crippen molar-refractivity contribution in [2.45, 2.75) is 32.2 Å². The normalized spacial score (nSPS) is 33.2. The summed E-state index contributed by atoms with van der Waals surface area (Å²) < 4.78 is 0. The van der Waals surface area contributed by atoms with Crippen LogP contribution >= 0.6 is 0 Å². The van der Waals surface area contributed by atoms with Crippen LogP contribution in [0, 0.1) is 11.8 Å². The fourth-order valence-corrected chi connectivity index (χ4v) is 2.24. The van der Waals surface area contributed by atoms with Gasteiger partial charge in [-0.1, -0.05) is 13.8 Å². The molecule has 2 rings (SSSR count). The maximum Gasteiger partial charge on any atom is 0.330 e. The zero-order valence-corrected chi connectivity index (χ0v) is 10.3. The molecule has 1 aliphatic carbocycles. The zero-order valence-electron chi connectivity index (χ0n) is 8.93. The summed E-state index contributed by atoms with van der Waals surface area (Å²) in [6.07, 6.45) is 1.43. The Morgan fingerprint density at radius 2 is 2.20 bits per heavy atom. The van der Waals surface area contributed by atoms with Crippen molar-refractivity contribution in [3.05, 3.63) is 0 Å². The van der Waals surface area contributed by atoms with Crippen molar-refractivity contribution in [2.24, 2.45) is 11.8 Å². The number of carboxylic acids is 1. The van der Waals surface area contributed by atoms with E-state index in [4.69, 9.17) is 5.11 Å². The van der Waals surface area contributed by atoms with E-state index in [0.29, 0.717) is 13.0 Å². The molecule has 1 amide bonds. The smallest absolute Gasteiger partial charge is 0.330 e. The number of aliphatic carboxylic acids is 1. The monoisotopic (exact) mass is 248 g/mol. The molecule has 1 saturated heterocycles. The third kappa shape index (κ3) is 1.51. The molecule has 3 unspecified atom stereocenters. The van der Waals surface area contributed by atoms with Crippen LogP contribution < -0.4 is 0 Å². The molecule has 1 radical (unpaired) electrons. The van der Waals surface area contributed by atoms with Crippen LogP contribution in [-0.4, -0.2) is 34.0 Å². The minimum atomic E-state index is -0.828. The van der Waals surface area contributed by atoms with Gasteiger partial charge in [0.2, 0.25) is 5.91 Å². The number of likely N-dealkylation sites (tertiary alicyclic amines) is 1. The van der Waals surface area contributed by atoms with Gasteiger partial charge in [0.1, 0.15) is 5.54 Å². The van der Waals surface area contributed by atoms with Gasteiger partial charge in [-0.2, -0.15) is 0 Å². The van der Waals surface area contributed by atoms with E-state index in [-0.39, 0.29) is 36.3 Å². The summed E-state index contributed by atoms with van der Waals surface area (Å²) in [6, 6.07) is 0. The van der Waals surface area contributed by atoms with Gasteiger partial charge in [0.05, 0.1) is 0 Å². The Kier molecular flexibility index (Phi) is 3.22. The van der Waals surface area contributed by atoms with Crippen LogP contribution in [0.25, 0.3) is 0 Å².